The van der Waals surface area contributed by atoms with Crippen LogP contribution in [0.5, 0.6) is 11.5 Å². The topological polar surface area (TPSA) is 50.8 Å². The molecule has 0 radical (unpaired) electrons. The third-order valence-corrected chi connectivity index (χ3v) is 5.68. The number of nitrogens with zero attached hydrogens (tertiary/aromatic N) is 1. The molecule has 1 heterocycles. The van der Waals surface area contributed by atoms with Crippen LogP contribution in [-0.4, -0.2) is 37.6 Å². The summed E-state index contributed by atoms with van der Waals surface area (Å²) in [6, 6.07) is 10.0. The monoisotopic (exact) mass is 464 g/mol. The van der Waals surface area contributed by atoms with Crippen LogP contribution in [0.15, 0.2) is 40.9 Å². The normalized spacial score (nSPS) is 13.8. The molecule has 0 unspecified atom stereocenters. The average Bonchev–Trinajstić information content (AvgIpc) is 3.13. The number of nitrogens with one attached hydrogen (secondary N) is 1. The second-order valence-electron chi connectivity index (χ2n) is 6.99. The Kier molecular flexibility index (Phi) is 7.89. The van der Waals surface area contributed by atoms with Gasteiger partial charge in [-0.05, 0) is 49.2 Å². The quantitative estimate of drug-likeness (QED) is 0.533. The van der Waals surface area contributed by atoms with E-state index in [0.29, 0.717) is 31.1 Å². The van der Waals surface area contributed by atoms with E-state index < -0.39 is 0 Å². The molecule has 7 heteroatoms. The minimum Gasteiger partial charge on any atom is -0.493 e. The number of carbonyl (C=O) groups excluding carboxylic acids is 1. The van der Waals surface area contributed by atoms with Gasteiger partial charge < -0.3 is 19.7 Å². The molecule has 0 aromatic heterocycles. The summed E-state index contributed by atoms with van der Waals surface area (Å²) < 4.78 is 25.6. The maximum Gasteiger partial charge on any atom is 0.222 e. The lowest BCUT2D eigenvalue weighted by atomic mass is 10.1. The van der Waals surface area contributed by atoms with Gasteiger partial charge in [-0.3, -0.25) is 4.79 Å². The predicted octanol–water partition coefficient (Wildman–Crippen LogP) is 4.28. The fourth-order valence-electron chi connectivity index (χ4n) is 3.35. The van der Waals surface area contributed by atoms with E-state index in [0.717, 1.165) is 48.1 Å². The van der Waals surface area contributed by atoms with Crippen molar-refractivity contribution in [3.8, 4) is 11.5 Å². The Morgan fingerprint density at radius 2 is 2.00 bits per heavy atom. The standard InChI is InChI=1S/C22H26BrFN2O3/c1-28-20-10-9-19(23)18(14-25-11-3-13-26-12-2-4-21(26)27)22(20)29-15-16-5-7-17(24)8-6-16/h5-10,25H,2-4,11-15H2,1H3. The van der Waals surface area contributed by atoms with Gasteiger partial charge in [-0.25, -0.2) is 4.39 Å². The molecule has 1 saturated heterocycles. The van der Waals surface area contributed by atoms with Gasteiger partial charge in [0.1, 0.15) is 12.4 Å². The Morgan fingerprint density at radius 3 is 2.69 bits per heavy atom. The molecule has 2 aromatic carbocycles. The highest BCUT2D eigenvalue weighted by Crippen LogP contribution is 2.36. The van der Waals surface area contributed by atoms with Crippen molar-refractivity contribution < 1.29 is 18.7 Å². The minimum absolute atomic E-state index is 0.261. The highest BCUT2D eigenvalue weighted by Gasteiger charge is 2.19. The number of hydrogen-bond acceptors (Lipinski definition) is 4. The van der Waals surface area contributed by atoms with Crippen molar-refractivity contribution in [1.29, 1.82) is 0 Å². The number of benzene rings is 2. The predicted molar refractivity (Wildman–Crippen MR) is 114 cm³/mol. The van der Waals surface area contributed by atoms with Gasteiger partial charge >= 0.3 is 0 Å². The number of hydrogen-bond donors (Lipinski definition) is 1. The molecule has 1 aliphatic heterocycles. The molecule has 0 atom stereocenters. The first-order valence-corrected chi connectivity index (χ1v) is 10.6. The van der Waals surface area contributed by atoms with Crippen LogP contribution >= 0.6 is 15.9 Å². The molecule has 0 spiro atoms. The summed E-state index contributed by atoms with van der Waals surface area (Å²) in [5.41, 5.74) is 1.84. The first-order valence-electron chi connectivity index (χ1n) is 9.79. The zero-order chi connectivity index (χ0) is 20.6. The number of likely N-dealkylation sites (tertiary alicyclic amines) is 1. The highest BCUT2D eigenvalue weighted by molar-refractivity contribution is 9.10. The zero-order valence-electron chi connectivity index (χ0n) is 16.5. The summed E-state index contributed by atoms with van der Waals surface area (Å²) in [5, 5.41) is 3.43. The number of carbonyl (C=O) groups is 1. The van der Waals surface area contributed by atoms with Crippen LogP contribution in [0.2, 0.25) is 0 Å². The van der Waals surface area contributed by atoms with E-state index in [1.165, 1.54) is 12.1 Å². The molecule has 2 aromatic rings. The Morgan fingerprint density at radius 1 is 1.21 bits per heavy atom. The fourth-order valence-corrected chi connectivity index (χ4v) is 3.80. The molecule has 0 saturated carbocycles. The lowest BCUT2D eigenvalue weighted by Crippen LogP contribution is -2.28. The third kappa shape index (κ3) is 5.93. The lowest BCUT2D eigenvalue weighted by Gasteiger charge is -2.18. The Labute approximate surface area is 179 Å². The minimum atomic E-state index is -0.269. The van der Waals surface area contributed by atoms with E-state index in [-0.39, 0.29) is 11.7 Å². The van der Waals surface area contributed by atoms with Crippen molar-refractivity contribution >= 4 is 21.8 Å². The van der Waals surface area contributed by atoms with Gasteiger partial charge in [0.05, 0.1) is 7.11 Å². The van der Waals surface area contributed by atoms with E-state index in [9.17, 15) is 9.18 Å². The first-order chi connectivity index (χ1) is 14.1. The Balaban J connectivity index is 1.59. The number of rotatable bonds is 10. The van der Waals surface area contributed by atoms with E-state index in [4.69, 9.17) is 9.47 Å². The van der Waals surface area contributed by atoms with Crippen LogP contribution in [0.4, 0.5) is 4.39 Å². The summed E-state index contributed by atoms with van der Waals surface area (Å²) >= 11 is 3.60. The fraction of sp³-hybridized carbons (Fsp3) is 0.409. The third-order valence-electron chi connectivity index (χ3n) is 4.94. The van der Waals surface area contributed by atoms with E-state index in [1.807, 2.05) is 17.0 Å². The average molecular weight is 465 g/mol. The zero-order valence-corrected chi connectivity index (χ0v) is 18.1. The molecule has 1 aliphatic rings. The van der Waals surface area contributed by atoms with Gasteiger partial charge in [0.15, 0.2) is 11.5 Å². The highest BCUT2D eigenvalue weighted by atomic mass is 79.9. The van der Waals surface area contributed by atoms with Gasteiger partial charge in [-0.15, -0.1) is 0 Å². The van der Waals surface area contributed by atoms with Crippen molar-refractivity contribution in [3.05, 3.63) is 57.8 Å². The molecule has 3 rings (SSSR count). The van der Waals surface area contributed by atoms with Gasteiger partial charge in [0.25, 0.3) is 0 Å². The number of halogens is 2. The van der Waals surface area contributed by atoms with Gasteiger partial charge in [0, 0.05) is 36.1 Å². The molecule has 0 bridgehead atoms. The molecule has 1 N–H and O–H groups in total. The van der Waals surface area contributed by atoms with Crippen LogP contribution < -0.4 is 14.8 Å². The molecule has 29 heavy (non-hydrogen) atoms. The van der Waals surface area contributed by atoms with Crippen molar-refractivity contribution in [1.82, 2.24) is 10.2 Å². The Bertz CT molecular complexity index is 830. The maximum atomic E-state index is 13.1. The summed E-state index contributed by atoms with van der Waals surface area (Å²) in [4.78, 5) is 13.6. The van der Waals surface area contributed by atoms with Crippen molar-refractivity contribution in [2.45, 2.75) is 32.4 Å². The smallest absolute Gasteiger partial charge is 0.222 e. The van der Waals surface area contributed by atoms with Crippen LogP contribution in [0.3, 0.4) is 0 Å². The summed E-state index contributed by atoms with van der Waals surface area (Å²) in [7, 11) is 1.61. The molecular formula is C22H26BrFN2O3. The van der Waals surface area contributed by atoms with Gasteiger partial charge in [0.2, 0.25) is 5.91 Å². The number of methoxy groups -OCH3 is 1. The van der Waals surface area contributed by atoms with Crippen molar-refractivity contribution in [3.63, 3.8) is 0 Å². The van der Waals surface area contributed by atoms with Gasteiger partial charge in [-0.2, -0.15) is 0 Å². The van der Waals surface area contributed by atoms with Crippen LogP contribution in [0.25, 0.3) is 0 Å². The molecule has 1 fully saturated rings. The van der Waals surface area contributed by atoms with Crippen molar-refractivity contribution in [2.75, 3.05) is 26.7 Å². The molecule has 156 valence electrons. The van der Waals surface area contributed by atoms with E-state index in [1.54, 1.807) is 19.2 Å². The maximum absolute atomic E-state index is 13.1. The van der Waals surface area contributed by atoms with Crippen LogP contribution in [0.1, 0.15) is 30.4 Å². The first kappa shape index (κ1) is 21.6. The van der Waals surface area contributed by atoms with Crippen molar-refractivity contribution in [2.24, 2.45) is 0 Å². The van der Waals surface area contributed by atoms with E-state index >= 15 is 0 Å². The summed E-state index contributed by atoms with van der Waals surface area (Å²) in [6.07, 6.45) is 2.55. The summed E-state index contributed by atoms with van der Waals surface area (Å²) in [6.45, 7) is 3.38. The summed E-state index contributed by atoms with van der Waals surface area (Å²) in [5.74, 6) is 1.30. The molecule has 1 amide bonds. The molecule has 0 aliphatic carbocycles. The lowest BCUT2D eigenvalue weighted by molar-refractivity contribution is -0.127. The van der Waals surface area contributed by atoms with Crippen LogP contribution in [-0.2, 0) is 17.9 Å². The molecular weight excluding hydrogens is 439 g/mol. The second-order valence-corrected chi connectivity index (χ2v) is 7.84. The second kappa shape index (κ2) is 10.6. The van der Waals surface area contributed by atoms with E-state index in [2.05, 4.69) is 21.2 Å². The van der Waals surface area contributed by atoms with Gasteiger partial charge in [-0.1, -0.05) is 28.1 Å². The number of ether oxygens (including phenoxy) is 2. The number of amides is 1. The Hall–Kier alpha value is -2.12. The van der Waals surface area contributed by atoms with Crippen LogP contribution in [0, 0.1) is 5.82 Å². The molecule has 5 nitrogen and oxygen atoms in total. The largest absolute Gasteiger partial charge is 0.493 e. The SMILES string of the molecule is COc1ccc(Br)c(CNCCCN2CCCC2=O)c1OCc1ccc(F)cc1.